The van der Waals surface area contributed by atoms with Crippen molar-refractivity contribution in [3.63, 3.8) is 0 Å². The monoisotopic (exact) mass is 477 g/mol. The number of allylic oxidation sites excluding steroid dienone is 1. The molecule has 1 heterocycles. The SMILES string of the molecule is CC.CC/C=C(\N)CO.CCc1cc(=N)c(C)c(CNc2ccc(-c3ccc(C=O)cc3)cc2)o1. The quantitative estimate of drug-likeness (QED) is 0.298. The lowest BCUT2D eigenvalue weighted by atomic mass is 10.0. The summed E-state index contributed by atoms with van der Waals surface area (Å²) in [6.07, 6.45) is 4.31. The summed E-state index contributed by atoms with van der Waals surface area (Å²) in [5, 5.41) is 20.2. The summed E-state index contributed by atoms with van der Waals surface area (Å²) in [5.41, 5.74) is 10.4. The Morgan fingerprint density at radius 2 is 1.63 bits per heavy atom. The highest BCUT2D eigenvalue weighted by Gasteiger charge is 2.06. The van der Waals surface area contributed by atoms with E-state index >= 15 is 0 Å². The third-order valence-electron chi connectivity index (χ3n) is 5.10. The van der Waals surface area contributed by atoms with Gasteiger partial charge in [-0.3, -0.25) is 4.79 Å². The number of anilines is 1. The molecule has 2 aromatic carbocycles. The number of nitrogens with one attached hydrogen (secondary N) is 2. The van der Waals surface area contributed by atoms with E-state index in [0.29, 0.717) is 23.2 Å². The van der Waals surface area contributed by atoms with Gasteiger partial charge in [0.25, 0.3) is 0 Å². The third-order valence-corrected chi connectivity index (χ3v) is 5.10. The van der Waals surface area contributed by atoms with Crippen LogP contribution < -0.4 is 16.4 Å². The number of aliphatic hydroxyl groups is 1. The summed E-state index contributed by atoms with van der Waals surface area (Å²) in [6.45, 7) is 10.4. The van der Waals surface area contributed by atoms with Gasteiger partial charge in [-0.15, -0.1) is 0 Å². The van der Waals surface area contributed by atoms with Crippen LogP contribution in [-0.4, -0.2) is 18.0 Å². The van der Waals surface area contributed by atoms with Crippen molar-refractivity contribution in [3.8, 4) is 11.1 Å². The second kappa shape index (κ2) is 16.1. The van der Waals surface area contributed by atoms with Crippen LogP contribution in [0, 0.1) is 12.3 Å². The molecule has 0 aliphatic rings. The molecule has 6 heteroatoms. The topological polar surface area (TPSA) is 112 Å². The van der Waals surface area contributed by atoms with Gasteiger partial charge in [0.1, 0.15) is 17.8 Å². The van der Waals surface area contributed by atoms with Crippen LogP contribution in [0.15, 0.2) is 70.8 Å². The van der Waals surface area contributed by atoms with Crippen LogP contribution in [0.4, 0.5) is 5.69 Å². The molecule has 0 spiro atoms. The maximum Gasteiger partial charge on any atom is 0.150 e. The summed E-state index contributed by atoms with van der Waals surface area (Å²) in [4.78, 5) is 10.7. The summed E-state index contributed by atoms with van der Waals surface area (Å²) in [6, 6.07) is 17.4. The van der Waals surface area contributed by atoms with Crippen molar-refractivity contribution in [2.75, 3.05) is 11.9 Å². The van der Waals surface area contributed by atoms with Gasteiger partial charge in [-0.1, -0.05) is 70.2 Å². The summed E-state index contributed by atoms with van der Waals surface area (Å²) in [5.74, 6) is 1.62. The first-order valence-corrected chi connectivity index (χ1v) is 12.0. The van der Waals surface area contributed by atoms with Crippen molar-refractivity contribution < 1.29 is 14.3 Å². The minimum atomic E-state index is -0.0200. The normalized spacial score (nSPS) is 10.4. The fourth-order valence-corrected chi connectivity index (χ4v) is 3.07. The summed E-state index contributed by atoms with van der Waals surface area (Å²) in [7, 11) is 0. The van der Waals surface area contributed by atoms with Gasteiger partial charge in [-0.05, 0) is 36.6 Å². The van der Waals surface area contributed by atoms with Crippen molar-refractivity contribution in [1.82, 2.24) is 0 Å². The molecule has 0 unspecified atom stereocenters. The molecule has 0 aliphatic carbocycles. The Labute approximate surface area is 209 Å². The molecule has 0 fully saturated rings. The zero-order chi connectivity index (χ0) is 26.2. The lowest BCUT2D eigenvalue weighted by Gasteiger charge is -2.11. The van der Waals surface area contributed by atoms with E-state index in [1.165, 1.54) is 0 Å². The average molecular weight is 478 g/mol. The van der Waals surface area contributed by atoms with Crippen LogP contribution in [0.2, 0.25) is 0 Å². The Hall–Kier alpha value is -3.64. The van der Waals surface area contributed by atoms with Gasteiger partial charge in [0, 0.05) is 35.0 Å². The molecule has 1 aromatic heterocycles. The molecule has 188 valence electrons. The molecule has 0 radical (unpaired) electrons. The molecule has 3 rings (SSSR count). The minimum Gasteiger partial charge on any atom is -0.464 e. The van der Waals surface area contributed by atoms with Gasteiger partial charge in [0.05, 0.1) is 18.5 Å². The van der Waals surface area contributed by atoms with E-state index in [9.17, 15) is 4.79 Å². The molecular formula is C29H39N3O3. The number of carbonyl (C=O) groups excluding carboxylic acids is 1. The number of hydrogen-bond acceptors (Lipinski definition) is 6. The molecule has 6 nitrogen and oxygen atoms in total. The van der Waals surface area contributed by atoms with Crippen molar-refractivity contribution in [1.29, 1.82) is 5.41 Å². The van der Waals surface area contributed by atoms with Crippen LogP contribution in [0.25, 0.3) is 11.1 Å². The maximum absolute atomic E-state index is 10.7. The largest absolute Gasteiger partial charge is 0.464 e. The number of aldehydes is 1. The molecule has 3 aromatic rings. The lowest BCUT2D eigenvalue weighted by molar-refractivity contribution is 0.112. The predicted octanol–water partition coefficient (Wildman–Crippen LogP) is 5.98. The van der Waals surface area contributed by atoms with Crippen molar-refractivity contribution in [2.45, 2.75) is 54.0 Å². The first kappa shape index (κ1) is 29.4. The minimum absolute atomic E-state index is 0.0200. The van der Waals surface area contributed by atoms with Gasteiger partial charge in [0.2, 0.25) is 0 Å². The van der Waals surface area contributed by atoms with Gasteiger partial charge in [0.15, 0.2) is 0 Å². The fraction of sp³-hybridized carbons (Fsp3) is 0.310. The zero-order valence-corrected chi connectivity index (χ0v) is 21.5. The lowest BCUT2D eigenvalue weighted by Crippen LogP contribution is -2.12. The third kappa shape index (κ3) is 9.63. The average Bonchev–Trinajstić information content (AvgIpc) is 2.91. The van der Waals surface area contributed by atoms with Crippen LogP contribution in [0.1, 0.15) is 61.6 Å². The Bertz CT molecular complexity index is 1120. The second-order valence-corrected chi connectivity index (χ2v) is 7.54. The molecule has 5 N–H and O–H groups in total. The highest BCUT2D eigenvalue weighted by atomic mass is 16.3. The van der Waals surface area contributed by atoms with Gasteiger partial charge in [-0.2, -0.15) is 0 Å². The highest BCUT2D eigenvalue weighted by molar-refractivity contribution is 5.77. The van der Waals surface area contributed by atoms with E-state index in [-0.39, 0.29) is 6.61 Å². The van der Waals surface area contributed by atoms with E-state index < -0.39 is 0 Å². The van der Waals surface area contributed by atoms with Gasteiger partial charge < -0.3 is 26.0 Å². The van der Waals surface area contributed by atoms with Crippen molar-refractivity contribution in [3.05, 3.63) is 94.4 Å². The fourth-order valence-electron chi connectivity index (χ4n) is 3.07. The van der Waals surface area contributed by atoms with E-state index in [0.717, 1.165) is 53.0 Å². The standard InChI is InChI=1S/C22H22N2O2.C5H11NO.C2H6/c1-3-20-12-21(23)15(2)22(26-20)13-24-19-10-8-18(9-11-19)17-6-4-16(14-25)5-7-17;1-2-3-5(6)4-7;1-2/h4-12,14,23-24H,3,13H2,1-2H3;3,7H,2,4,6H2,1H3;1-2H3/b;5-3-;. The highest BCUT2D eigenvalue weighted by Crippen LogP contribution is 2.22. The molecule has 35 heavy (non-hydrogen) atoms. The summed E-state index contributed by atoms with van der Waals surface area (Å²) >= 11 is 0. The number of aliphatic hydroxyl groups excluding tert-OH is 1. The predicted molar refractivity (Wildman–Crippen MR) is 144 cm³/mol. The molecular weight excluding hydrogens is 438 g/mol. The zero-order valence-electron chi connectivity index (χ0n) is 21.5. The van der Waals surface area contributed by atoms with Crippen LogP contribution in [-0.2, 0) is 13.0 Å². The molecule has 0 aliphatic heterocycles. The molecule has 0 amide bonds. The maximum atomic E-state index is 10.7. The van der Waals surface area contributed by atoms with E-state index in [1.807, 2.05) is 83.1 Å². The Morgan fingerprint density at radius 3 is 2.09 bits per heavy atom. The number of aryl methyl sites for hydroxylation is 1. The van der Waals surface area contributed by atoms with E-state index in [1.54, 1.807) is 12.1 Å². The van der Waals surface area contributed by atoms with E-state index in [4.69, 9.17) is 20.7 Å². The van der Waals surface area contributed by atoms with E-state index in [2.05, 4.69) is 5.32 Å². The summed E-state index contributed by atoms with van der Waals surface area (Å²) < 4.78 is 5.86. The first-order chi connectivity index (χ1) is 16.9. The number of nitrogens with two attached hydrogens (primary N) is 1. The number of benzene rings is 2. The van der Waals surface area contributed by atoms with Crippen molar-refractivity contribution in [2.24, 2.45) is 5.73 Å². The van der Waals surface area contributed by atoms with Crippen molar-refractivity contribution >= 4 is 12.0 Å². The van der Waals surface area contributed by atoms with Gasteiger partial charge in [-0.25, -0.2) is 0 Å². The number of hydrogen-bond donors (Lipinski definition) is 4. The number of rotatable bonds is 8. The molecule has 0 bridgehead atoms. The molecule has 0 saturated heterocycles. The van der Waals surface area contributed by atoms with Crippen LogP contribution in [0.3, 0.4) is 0 Å². The smallest absolute Gasteiger partial charge is 0.150 e. The molecule has 0 atom stereocenters. The van der Waals surface area contributed by atoms with Crippen LogP contribution >= 0.6 is 0 Å². The molecule has 0 saturated carbocycles. The Morgan fingerprint density at radius 1 is 1.06 bits per heavy atom. The first-order valence-electron chi connectivity index (χ1n) is 12.0. The Balaban J connectivity index is 0.000000587. The van der Waals surface area contributed by atoms with Gasteiger partial charge >= 0.3 is 0 Å². The number of carbonyl (C=O) groups is 1. The van der Waals surface area contributed by atoms with Crippen LogP contribution in [0.5, 0.6) is 0 Å². The Kier molecular flexibility index (Phi) is 13.5. The second-order valence-electron chi connectivity index (χ2n) is 7.54.